The molecule has 1 unspecified atom stereocenters. The molecule has 7 heteroatoms. The lowest BCUT2D eigenvalue weighted by Gasteiger charge is -2.21. The number of piperidine rings is 1. The van der Waals surface area contributed by atoms with Crippen LogP contribution in [-0.2, 0) is 14.3 Å². The molecule has 3 amide bonds. The molecule has 29 heavy (non-hydrogen) atoms. The van der Waals surface area contributed by atoms with Crippen molar-refractivity contribution in [2.45, 2.75) is 59.0 Å². The molecule has 1 heterocycles. The molecule has 0 spiro atoms. The summed E-state index contributed by atoms with van der Waals surface area (Å²) in [6, 6.07) is 0. The van der Waals surface area contributed by atoms with Crippen molar-refractivity contribution in [2.75, 3.05) is 20.1 Å². The normalized spacial score (nSPS) is 17.3. The van der Waals surface area contributed by atoms with E-state index in [4.69, 9.17) is 4.74 Å². The van der Waals surface area contributed by atoms with Crippen LogP contribution < -0.4 is 16.0 Å². The third-order valence-corrected chi connectivity index (χ3v) is 3.88. The van der Waals surface area contributed by atoms with Gasteiger partial charge in [-0.3, -0.25) is 14.9 Å². The molecule has 0 saturated carbocycles. The molecule has 0 aromatic carbocycles. The van der Waals surface area contributed by atoms with Gasteiger partial charge in [-0.25, -0.2) is 4.79 Å². The zero-order valence-corrected chi connectivity index (χ0v) is 18.5. The SMILES string of the molecule is C=C/C(=C\C=C/C)C1CCC(=O)NC1=O.CNCCCCNC(=O)OC(C)(C)C. The van der Waals surface area contributed by atoms with Gasteiger partial charge in [-0.1, -0.05) is 30.9 Å². The highest BCUT2D eigenvalue weighted by molar-refractivity contribution is 6.00. The van der Waals surface area contributed by atoms with E-state index in [1.807, 2.05) is 53.0 Å². The molecular weight excluding hydrogens is 370 g/mol. The number of amides is 3. The number of hydrogen-bond acceptors (Lipinski definition) is 5. The highest BCUT2D eigenvalue weighted by Crippen LogP contribution is 2.21. The fourth-order valence-corrected chi connectivity index (χ4v) is 2.48. The van der Waals surface area contributed by atoms with E-state index < -0.39 is 5.60 Å². The van der Waals surface area contributed by atoms with Crippen molar-refractivity contribution >= 4 is 17.9 Å². The summed E-state index contributed by atoms with van der Waals surface area (Å²) >= 11 is 0. The van der Waals surface area contributed by atoms with Crippen molar-refractivity contribution in [2.24, 2.45) is 5.92 Å². The molecule has 0 aliphatic carbocycles. The van der Waals surface area contributed by atoms with E-state index in [1.54, 1.807) is 6.08 Å². The Kier molecular flexibility index (Phi) is 13.4. The number of carbonyl (C=O) groups excluding carboxylic acids is 3. The summed E-state index contributed by atoms with van der Waals surface area (Å²) < 4.78 is 5.08. The van der Waals surface area contributed by atoms with E-state index in [0.29, 0.717) is 19.4 Å². The second-order valence-corrected chi connectivity index (χ2v) is 7.64. The molecule has 1 atom stereocenters. The molecule has 0 radical (unpaired) electrons. The van der Waals surface area contributed by atoms with Crippen molar-refractivity contribution in [3.63, 3.8) is 0 Å². The van der Waals surface area contributed by atoms with E-state index in [9.17, 15) is 14.4 Å². The molecule has 1 fully saturated rings. The minimum absolute atomic E-state index is 0.189. The number of carbonyl (C=O) groups is 3. The van der Waals surface area contributed by atoms with Crippen molar-refractivity contribution in [1.82, 2.24) is 16.0 Å². The maximum Gasteiger partial charge on any atom is 0.407 e. The Labute approximate surface area is 175 Å². The Balaban J connectivity index is 0.000000543. The van der Waals surface area contributed by atoms with Gasteiger partial charge < -0.3 is 15.4 Å². The Hall–Kier alpha value is -2.41. The first kappa shape index (κ1) is 26.6. The average Bonchev–Trinajstić information content (AvgIpc) is 2.62. The van der Waals surface area contributed by atoms with Crippen molar-refractivity contribution < 1.29 is 19.1 Å². The van der Waals surface area contributed by atoms with Crippen LogP contribution in [0.15, 0.2) is 36.5 Å². The second-order valence-electron chi connectivity index (χ2n) is 7.64. The summed E-state index contributed by atoms with van der Waals surface area (Å²) in [5.74, 6) is -0.649. The van der Waals surface area contributed by atoms with Crippen LogP contribution in [0.4, 0.5) is 4.79 Å². The smallest absolute Gasteiger partial charge is 0.407 e. The first-order valence-electron chi connectivity index (χ1n) is 10.0. The molecule has 1 aliphatic heterocycles. The quantitative estimate of drug-likeness (QED) is 0.326. The van der Waals surface area contributed by atoms with Gasteiger partial charge in [0.25, 0.3) is 0 Å². The maximum absolute atomic E-state index is 11.5. The summed E-state index contributed by atoms with van der Waals surface area (Å²) in [7, 11) is 1.92. The van der Waals surface area contributed by atoms with Gasteiger partial charge in [0.2, 0.25) is 11.8 Å². The van der Waals surface area contributed by atoms with Gasteiger partial charge in [-0.15, -0.1) is 0 Å². The van der Waals surface area contributed by atoms with Crippen molar-refractivity contribution in [1.29, 1.82) is 0 Å². The van der Waals surface area contributed by atoms with E-state index in [1.165, 1.54) is 0 Å². The zero-order chi connectivity index (χ0) is 22.3. The topological polar surface area (TPSA) is 96.5 Å². The first-order valence-corrected chi connectivity index (χ1v) is 10.0. The molecule has 1 aliphatic rings. The van der Waals surface area contributed by atoms with Crippen LogP contribution in [0.1, 0.15) is 53.4 Å². The average molecular weight is 408 g/mol. The molecule has 7 nitrogen and oxygen atoms in total. The van der Waals surface area contributed by atoms with Crippen LogP contribution in [0, 0.1) is 5.92 Å². The number of alkyl carbamates (subject to hydrolysis) is 1. The van der Waals surface area contributed by atoms with Crippen LogP contribution >= 0.6 is 0 Å². The van der Waals surface area contributed by atoms with Crippen LogP contribution in [0.2, 0.25) is 0 Å². The predicted octanol–water partition coefficient (Wildman–Crippen LogP) is 3.24. The number of hydrogen-bond donors (Lipinski definition) is 3. The number of allylic oxidation sites excluding steroid dienone is 4. The molecule has 3 N–H and O–H groups in total. The lowest BCUT2D eigenvalue weighted by atomic mass is 9.90. The highest BCUT2D eigenvalue weighted by Gasteiger charge is 2.27. The van der Waals surface area contributed by atoms with Gasteiger partial charge in [0.15, 0.2) is 0 Å². The Morgan fingerprint density at radius 3 is 2.45 bits per heavy atom. The summed E-state index contributed by atoms with van der Waals surface area (Å²) in [6.07, 6.45) is 9.94. The highest BCUT2D eigenvalue weighted by atomic mass is 16.6. The van der Waals surface area contributed by atoms with Gasteiger partial charge in [0.1, 0.15) is 5.60 Å². The van der Waals surface area contributed by atoms with Crippen LogP contribution in [0.25, 0.3) is 0 Å². The summed E-state index contributed by atoms with van der Waals surface area (Å²) in [4.78, 5) is 33.6. The zero-order valence-electron chi connectivity index (χ0n) is 18.5. The molecule has 0 aromatic heterocycles. The van der Waals surface area contributed by atoms with Crippen molar-refractivity contribution in [3.05, 3.63) is 36.5 Å². The van der Waals surface area contributed by atoms with E-state index >= 15 is 0 Å². The predicted molar refractivity (Wildman–Crippen MR) is 116 cm³/mol. The lowest BCUT2D eigenvalue weighted by molar-refractivity contribution is -0.135. The molecule has 0 aromatic rings. The lowest BCUT2D eigenvalue weighted by Crippen LogP contribution is -2.41. The summed E-state index contributed by atoms with van der Waals surface area (Å²) in [5, 5.41) is 8.09. The minimum atomic E-state index is -0.408. The maximum atomic E-state index is 11.5. The first-order chi connectivity index (χ1) is 13.6. The van der Waals surface area contributed by atoms with Gasteiger partial charge >= 0.3 is 6.09 Å². The van der Waals surface area contributed by atoms with Crippen LogP contribution in [-0.4, -0.2) is 43.6 Å². The minimum Gasteiger partial charge on any atom is -0.444 e. The van der Waals surface area contributed by atoms with E-state index in [-0.39, 0.29) is 23.8 Å². The molecule has 0 bridgehead atoms. The molecule has 1 saturated heterocycles. The summed E-state index contributed by atoms with van der Waals surface area (Å²) in [6.45, 7) is 12.8. The van der Waals surface area contributed by atoms with Crippen LogP contribution in [0.3, 0.4) is 0 Å². The number of rotatable bonds is 8. The third kappa shape index (κ3) is 13.4. The van der Waals surface area contributed by atoms with E-state index in [0.717, 1.165) is 25.0 Å². The van der Waals surface area contributed by atoms with Gasteiger partial charge in [-0.2, -0.15) is 0 Å². The number of unbranched alkanes of at least 4 members (excludes halogenated alkanes) is 1. The third-order valence-electron chi connectivity index (χ3n) is 3.88. The standard InChI is InChI=1S/C12H15NO2.C10H22N2O2/c1-3-5-6-9(4-2)10-7-8-11(14)13-12(10)15;1-10(2,3)14-9(13)12-8-6-5-7-11-4/h3-6,10H,2,7-8H2,1H3,(H,13,14,15);11H,5-8H2,1-4H3,(H,12,13)/b5-3-,9-6+;. The fraction of sp³-hybridized carbons (Fsp3) is 0.591. The van der Waals surface area contributed by atoms with Gasteiger partial charge in [0.05, 0.1) is 5.92 Å². The monoisotopic (exact) mass is 407 g/mol. The van der Waals surface area contributed by atoms with Gasteiger partial charge in [-0.05, 0) is 66.1 Å². The molecular formula is C22H37N3O4. The van der Waals surface area contributed by atoms with Gasteiger partial charge in [0, 0.05) is 13.0 Å². The number of ether oxygens (including phenoxy) is 1. The number of nitrogens with one attached hydrogen (secondary N) is 3. The second kappa shape index (κ2) is 14.6. The Morgan fingerprint density at radius 1 is 1.28 bits per heavy atom. The Morgan fingerprint density at radius 2 is 1.93 bits per heavy atom. The largest absolute Gasteiger partial charge is 0.444 e. The fourth-order valence-electron chi connectivity index (χ4n) is 2.48. The number of imide groups is 1. The summed E-state index contributed by atoms with van der Waals surface area (Å²) in [5.41, 5.74) is 0.452. The molecule has 164 valence electrons. The Bertz CT molecular complexity index is 604. The molecule has 1 rings (SSSR count). The van der Waals surface area contributed by atoms with Crippen molar-refractivity contribution in [3.8, 4) is 0 Å². The van der Waals surface area contributed by atoms with Crippen LogP contribution in [0.5, 0.6) is 0 Å². The van der Waals surface area contributed by atoms with E-state index in [2.05, 4.69) is 22.5 Å².